The summed E-state index contributed by atoms with van der Waals surface area (Å²) in [7, 11) is 3.65. The van der Waals surface area contributed by atoms with Crippen molar-refractivity contribution in [2.45, 2.75) is 13.0 Å². The van der Waals surface area contributed by atoms with E-state index in [1.807, 2.05) is 18.9 Å². The highest BCUT2D eigenvalue weighted by molar-refractivity contribution is 6.33. The Morgan fingerprint density at radius 3 is 2.78 bits per heavy atom. The maximum absolute atomic E-state index is 10.0. The third-order valence-corrected chi connectivity index (χ3v) is 3.57. The summed E-state index contributed by atoms with van der Waals surface area (Å²) in [4.78, 5) is 7.42. The van der Waals surface area contributed by atoms with E-state index in [1.165, 1.54) is 11.0 Å². The predicted octanol–water partition coefficient (Wildman–Crippen LogP) is 1.75. The van der Waals surface area contributed by atoms with E-state index in [1.54, 1.807) is 7.05 Å². The Kier molecular flexibility index (Phi) is 2.25. The average Bonchev–Trinajstić information content (AvgIpc) is 2.71. The first-order valence-electron chi connectivity index (χ1n) is 5.52. The molecule has 0 spiro atoms. The molecule has 7 heteroatoms. The number of halogens is 1. The van der Waals surface area contributed by atoms with Crippen molar-refractivity contribution in [3.8, 4) is 17.0 Å². The zero-order valence-electron chi connectivity index (χ0n) is 10.2. The summed E-state index contributed by atoms with van der Waals surface area (Å²) in [6.45, 7) is 2.01. The molecule has 94 valence electrons. The van der Waals surface area contributed by atoms with Crippen LogP contribution in [0.1, 0.15) is 18.7 Å². The number of fused-ring (bicyclic) bond motifs is 3. The Balaban J connectivity index is 2.40. The summed E-state index contributed by atoms with van der Waals surface area (Å²) in [5, 5.41) is 19.0. The SMILES string of the molecule is CC1c2nn(C)nc2-c2c(O)cnc(Cl)c2N1C. The van der Waals surface area contributed by atoms with E-state index in [2.05, 4.69) is 15.2 Å². The summed E-state index contributed by atoms with van der Waals surface area (Å²) in [5.41, 5.74) is 2.78. The molecule has 1 atom stereocenters. The Bertz CT molecular complexity index is 639. The largest absolute Gasteiger partial charge is 0.506 e. The maximum atomic E-state index is 10.0. The second-order valence-corrected chi connectivity index (χ2v) is 4.73. The lowest BCUT2D eigenvalue weighted by Crippen LogP contribution is -2.27. The molecule has 0 fully saturated rings. The van der Waals surface area contributed by atoms with E-state index in [0.29, 0.717) is 22.1 Å². The van der Waals surface area contributed by atoms with Gasteiger partial charge in [0, 0.05) is 14.1 Å². The lowest BCUT2D eigenvalue weighted by Gasteiger charge is -2.32. The Morgan fingerprint density at radius 2 is 2.06 bits per heavy atom. The van der Waals surface area contributed by atoms with Crippen molar-refractivity contribution in [1.29, 1.82) is 0 Å². The predicted molar refractivity (Wildman–Crippen MR) is 67.7 cm³/mol. The van der Waals surface area contributed by atoms with E-state index in [-0.39, 0.29) is 11.8 Å². The third-order valence-electron chi connectivity index (χ3n) is 3.29. The van der Waals surface area contributed by atoms with Gasteiger partial charge >= 0.3 is 0 Å². The third kappa shape index (κ3) is 1.32. The van der Waals surface area contributed by atoms with Gasteiger partial charge in [-0.1, -0.05) is 11.6 Å². The molecule has 1 unspecified atom stereocenters. The van der Waals surface area contributed by atoms with Crippen LogP contribution < -0.4 is 4.90 Å². The first-order valence-corrected chi connectivity index (χ1v) is 5.90. The molecular formula is C11H12ClN5O. The van der Waals surface area contributed by atoms with Crippen LogP contribution in [0.2, 0.25) is 5.15 Å². The molecule has 0 aromatic carbocycles. The van der Waals surface area contributed by atoms with E-state index in [9.17, 15) is 5.11 Å². The normalized spacial score (nSPS) is 17.6. The number of anilines is 1. The molecule has 1 N–H and O–H groups in total. The molecule has 2 aromatic heterocycles. The van der Waals surface area contributed by atoms with E-state index in [4.69, 9.17) is 11.6 Å². The molecule has 1 aliphatic heterocycles. The molecule has 0 amide bonds. The van der Waals surface area contributed by atoms with Crippen LogP contribution in [-0.2, 0) is 7.05 Å². The number of hydrogen-bond donors (Lipinski definition) is 1. The summed E-state index contributed by atoms with van der Waals surface area (Å²) in [6.07, 6.45) is 1.34. The molecule has 0 saturated heterocycles. The molecule has 0 aliphatic carbocycles. The molecule has 3 rings (SSSR count). The molecule has 18 heavy (non-hydrogen) atoms. The fourth-order valence-corrected chi connectivity index (χ4v) is 2.56. The van der Waals surface area contributed by atoms with Crippen molar-refractivity contribution in [3.05, 3.63) is 17.0 Å². The Labute approximate surface area is 109 Å². The van der Waals surface area contributed by atoms with Gasteiger partial charge in [-0.2, -0.15) is 15.0 Å². The molecule has 0 radical (unpaired) electrons. The number of aromatic hydroxyl groups is 1. The number of pyridine rings is 1. The van der Waals surface area contributed by atoms with Gasteiger partial charge in [-0.05, 0) is 6.92 Å². The van der Waals surface area contributed by atoms with Crippen LogP contribution >= 0.6 is 11.6 Å². The van der Waals surface area contributed by atoms with Crippen LogP contribution in [0.3, 0.4) is 0 Å². The lowest BCUT2D eigenvalue weighted by molar-refractivity contribution is 0.473. The first-order chi connectivity index (χ1) is 8.50. The molecular weight excluding hydrogens is 254 g/mol. The summed E-state index contributed by atoms with van der Waals surface area (Å²) >= 11 is 6.13. The van der Waals surface area contributed by atoms with Crippen molar-refractivity contribution >= 4 is 17.3 Å². The Morgan fingerprint density at radius 1 is 1.33 bits per heavy atom. The van der Waals surface area contributed by atoms with Crippen LogP contribution in [0.5, 0.6) is 5.75 Å². The van der Waals surface area contributed by atoms with Crippen LogP contribution in [0, 0.1) is 0 Å². The molecule has 0 bridgehead atoms. The van der Waals surface area contributed by atoms with Crippen molar-refractivity contribution in [1.82, 2.24) is 20.0 Å². The van der Waals surface area contributed by atoms with E-state index >= 15 is 0 Å². The minimum Gasteiger partial charge on any atom is -0.506 e. The van der Waals surface area contributed by atoms with Gasteiger partial charge in [0.25, 0.3) is 0 Å². The van der Waals surface area contributed by atoms with Crippen LogP contribution in [-0.4, -0.2) is 32.1 Å². The van der Waals surface area contributed by atoms with Crippen molar-refractivity contribution in [2.24, 2.45) is 7.05 Å². The van der Waals surface area contributed by atoms with Gasteiger partial charge in [-0.3, -0.25) is 0 Å². The number of aromatic nitrogens is 4. The van der Waals surface area contributed by atoms with Gasteiger partial charge in [0.2, 0.25) is 0 Å². The fourth-order valence-electron chi connectivity index (χ4n) is 2.28. The van der Waals surface area contributed by atoms with Gasteiger partial charge in [-0.15, -0.1) is 0 Å². The maximum Gasteiger partial charge on any atom is 0.153 e. The lowest BCUT2D eigenvalue weighted by atomic mass is 9.99. The zero-order chi connectivity index (χ0) is 13.0. The highest BCUT2D eigenvalue weighted by Crippen LogP contribution is 2.48. The number of aryl methyl sites for hydroxylation is 1. The first kappa shape index (κ1) is 11.3. The van der Waals surface area contributed by atoms with Crippen molar-refractivity contribution in [3.63, 3.8) is 0 Å². The molecule has 3 heterocycles. The monoisotopic (exact) mass is 265 g/mol. The number of nitrogens with zero attached hydrogens (tertiary/aromatic N) is 5. The minimum atomic E-state index is 0.0299. The topological polar surface area (TPSA) is 67.1 Å². The van der Waals surface area contributed by atoms with Crippen molar-refractivity contribution < 1.29 is 5.11 Å². The standard InChI is InChI=1S/C11H12ClN5O/c1-5-8-9(15-17(3)14-8)7-6(18)4-13-11(12)10(7)16(5)2/h4-5,18H,1-3H3. The highest BCUT2D eigenvalue weighted by Gasteiger charge is 2.34. The molecule has 0 saturated carbocycles. The second kappa shape index (κ2) is 3.58. The number of hydrogen-bond acceptors (Lipinski definition) is 5. The number of rotatable bonds is 0. The molecule has 6 nitrogen and oxygen atoms in total. The summed E-state index contributed by atoms with van der Waals surface area (Å²) < 4.78 is 0. The van der Waals surface area contributed by atoms with Gasteiger partial charge in [0.05, 0.1) is 23.5 Å². The van der Waals surface area contributed by atoms with Crippen LogP contribution in [0.15, 0.2) is 6.20 Å². The van der Waals surface area contributed by atoms with E-state index in [0.717, 1.165) is 5.69 Å². The summed E-state index contributed by atoms with van der Waals surface area (Å²) in [6, 6.07) is 0.0299. The van der Waals surface area contributed by atoms with Gasteiger partial charge in [0.1, 0.15) is 17.1 Å². The second-order valence-electron chi connectivity index (χ2n) is 4.37. The van der Waals surface area contributed by atoms with Gasteiger partial charge in [-0.25, -0.2) is 4.98 Å². The fraction of sp³-hybridized carbons (Fsp3) is 0.364. The van der Waals surface area contributed by atoms with Gasteiger partial charge in [0.15, 0.2) is 5.15 Å². The van der Waals surface area contributed by atoms with Crippen molar-refractivity contribution in [2.75, 3.05) is 11.9 Å². The van der Waals surface area contributed by atoms with Crippen LogP contribution in [0.25, 0.3) is 11.3 Å². The summed E-state index contributed by atoms with van der Waals surface area (Å²) in [5.74, 6) is 0.0647. The molecule has 1 aliphatic rings. The molecule has 2 aromatic rings. The zero-order valence-corrected chi connectivity index (χ0v) is 11.0. The van der Waals surface area contributed by atoms with E-state index < -0.39 is 0 Å². The average molecular weight is 266 g/mol. The van der Waals surface area contributed by atoms with Crippen LogP contribution in [0.4, 0.5) is 5.69 Å². The highest BCUT2D eigenvalue weighted by atomic mass is 35.5. The smallest absolute Gasteiger partial charge is 0.153 e. The van der Waals surface area contributed by atoms with Gasteiger partial charge < -0.3 is 10.0 Å². The Hall–Kier alpha value is -1.82. The quantitative estimate of drug-likeness (QED) is 0.735. The minimum absolute atomic E-state index is 0.0299.